The molecule has 6 nitrogen and oxygen atoms in total. The number of methoxy groups -OCH3 is 1. The van der Waals surface area contributed by atoms with Crippen molar-refractivity contribution in [3.63, 3.8) is 0 Å². The summed E-state index contributed by atoms with van der Waals surface area (Å²) in [7, 11) is 1.76. The Morgan fingerprint density at radius 1 is 1.42 bits per heavy atom. The Bertz CT molecular complexity index is 608. The highest BCUT2D eigenvalue weighted by atomic mass is 16.5. The van der Waals surface area contributed by atoms with Gasteiger partial charge in [0, 0.05) is 32.4 Å². The van der Waals surface area contributed by atoms with Crippen molar-refractivity contribution >= 4 is 11.6 Å². The van der Waals surface area contributed by atoms with E-state index in [2.05, 4.69) is 40.8 Å². The largest absolute Gasteiger partial charge is 0.381 e. The molecule has 144 valence electrons. The highest BCUT2D eigenvalue weighted by Crippen LogP contribution is 2.34. The van der Waals surface area contributed by atoms with Crippen LogP contribution in [0.4, 0.5) is 5.69 Å². The van der Waals surface area contributed by atoms with E-state index in [1.54, 1.807) is 13.3 Å². The fraction of sp³-hybridized carbons (Fsp3) is 0.700. The number of amides is 1. The molecule has 0 aromatic carbocycles. The van der Waals surface area contributed by atoms with Gasteiger partial charge in [-0.05, 0) is 55.7 Å². The number of rotatable bonds is 7. The van der Waals surface area contributed by atoms with Crippen molar-refractivity contribution in [2.75, 3.05) is 32.1 Å². The number of hydrogen-bond donors (Lipinski definition) is 3. The normalized spacial score (nSPS) is 25.6. The number of nitrogens with zero attached hydrogens (tertiary/aromatic N) is 1. The van der Waals surface area contributed by atoms with Crippen molar-refractivity contribution in [2.45, 2.75) is 57.6 Å². The molecule has 2 aliphatic rings. The van der Waals surface area contributed by atoms with Gasteiger partial charge in [-0.25, -0.2) is 4.98 Å². The van der Waals surface area contributed by atoms with E-state index in [9.17, 15) is 4.79 Å². The van der Waals surface area contributed by atoms with Crippen molar-refractivity contribution in [3.8, 4) is 0 Å². The van der Waals surface area contributed by atoms with Crippen molar-refractivity contribution in [3.05, 3.63) is 23.5 Å². The summed E-state index contributed by atoms with van der Waals surface area (Å²) in [6, 6.07) is 2.42. The monoisotopic (exact) mass is 360 g/mol. The van der Waals surface area contributed by atoms with Gasteiger partial charge in [0.2, 0.25) is 0 Å². The zero-order chi connectivity index (χ0) is 18.5. The molecule has 1 aliphatic heterocycles. The molecule has 1 amide bonds. The third-order valence-corrected chi connectivity index (χ3v) is 5.38. The van der Waals surface area contributed by atoms with Crippen LogP contribution in [0.1, 0.15) is 61.5 Å². The molecular formula is C20H32N4O2. The van der Waals surface area contributed by atoms with Gasteiger partial charge in [-0.2, -0.15) is 0 Å². The molecule has 2 heterocycles. The van der Waals surface area contributed by atoms with Gasteiger partial charge in [-0.1, -0.05) is 13.8 Å². The van der Waals surface area contributed by atoms with Crippen LogP contribution in [0.15, 0.2) is 12.3 Å². The van der Waals surface area contributed by atoms with Crippen LogP contribution in [-0.4, -0.2) is 49.8 Å². The number of ether oxygens (including phenoxy) is 1. The number of carbonyl (C=O) groups is 1. The molecule has 3 N–H and O–H groups in total. The molecule has 0 spiro atoms. The van der Waals surface area contributed by atoms with Crippen LogP contribution in [0.5, 0.6) is 0 Å². The van der Waals surface area contributed by atoms with Crippen LogP contribution in [0.2, 0.25) is 0 Å². The molecule has 1 unspecified atom stereocenters. The SMILES string of the molecule is COC1CC(Nc2c(C3CCCNC3)ccnc2C(=O)NCC(C)C)C1. The number of carbonyl (C=O) groups excluding carboxylic acids is 1. The van der Waals surface area contributed by atoms with Gasteiger partial charge in [-0.3, -0.25) is 4.79 Å². The molecule has 1 saturated heterocycles. The Morgan fingerprint density at radius 3 is 2.88 bits per heavy atom. The fourth-order valence-corrected chi connectivity index (χ4v) is 3.72. The van der Waals surface area contributed by atoms with Crippen LogP contribution in [0.3, 0.4) is 0 Å². The lowest BCUT2D eigenvalue weighted by Crippen LogP contribution is -2.41. The lowest BCUT2D eigenvalue weighted by Gasteiger charge is -2.37. The Hall–Kier alpha value is -1.66. The molecule has 1 saturated carbocycles. The molecule has 2 fully saturated rings. The van der Waals surface area contributed by atoms with E-state index in [-0.39, 0.29) is 5.91 Å². The summed E-state index contributed by atoms with van der Waals surface area (Å²) < 4.78 is 5.40. The average molecular weight is 361 g/mol. The smallest absolute Gasteiger partial charge is 0.272 e. The van der Waals surface area contributed by atoms with Gasteiger partial charge in [0.1, 0.15) is 0 Å². The van der Waals surface area contributed by atoms with Crippen LogP contribution in [-0.2, 0) is 4.74 Å². The summed E-state index contributed by atoms with van der Waals surface area (Å²) >= 11 is 0. The quantitative estimate of drug-likeness (QED) is 0.697. The summed E-state index contributed by atoms with van der Waals surface area (Å²) in [6.07, 6.45) is 6.35. The summed E-state index contributed by atoms with van der Waals surface area (Å²) in [4.78, 5) is 17.2. The zero-order valence-electron chi connectivity index (χ0n) is 16.2. The van der Waals surface area contributed by atoms with Gasteiger partial charge in [-0.15, -0.1) is 0 Å². The van der Waals surface area contributed by atoms with E-state index >= 15 is 0 Å². The molecule has 0 bridgehead atoms. The number of anilines is 1. The first-order chi connectivity index (χ1) is 12.6. The molecule has 1 aromatic heterocycles. The third-order valence-electron chi connectivity index (χ3n) is 5.38. The van der Waals surface area contributed by atoms with E-state index in [1.165, 1.54) is 5.56 Å². The van der Waals surface area contributed by atoms with E-state index in [0.717, 1.165) is 44.5 Å². The Balaban J connectivity index is 1.83. The van der Waals surface area contributed by atoms with Crippen LogP contribution >= 0.6 is 0 Å². The predicted molar refractivity (Wildman–Crippen MR) is 104 cm³/mol. The topological polar surface area (TPSA) is 75.3 Å². The number of pyridine rings is 1. The first kappa shape index (κ1) is 19.1. The molecule has 1 aliphatic carbocycles. The maximum atomic E-state index is 12.8. The molecule has 3 rings (SSSR count). The van der Waals surface area contributed by atoms with E-state index in [1.807, 2.05) is 0 Å². The van der Waals surface area contributed by atoms with Crippen molar-refractivity contribution in [1.29, 1.82) is 0 Å². The summed E-state index contributed by atoms with van der Waals surface area (Å²) in [5, 5.41) is 10.1. The van der Waals surface area contributed by atoms with E-state index in [4.69, 9.17) is 4.74 Å². The Labute approximate surface area is 156 Å². The Kier molecular flexibility index (Phi) is 6.48. The maximum absolute atomic E-state index is 12.8. The van der Waals surface area contributed by atoms with E-state index < -0.39 is 0 Å². The lowest BCUT2D eigenvalue weighted by molar-refractivity contribution is 0.0328. The highest BCUT2D eigenvalue weighted by Gasteiger charge is 2.32. The molecule has 1 atom stereocenters. The summed E-state index contributed by atoms with van der Waals surface area (Å²) in [5.41, 5.74) is 2.65. The van der Waals surface area contributed by atoms with Crippen molar-refractivity contribution < 1.29 is 9.53 Å². The fourth-order valence-electron chi connectivity index (χ4n) is 3.72. The molecule has 6 heteroatoms. The number of piperidine rings is 1. The second-order valence-electron chi connectivity index (χ2n) is 7.94. The molecule has 1 aromatic rings. The number of hydrogen-bond acceptors (Lipinski definition) is 5. The zero-order valence-corrected chi connectivity index (χ0v) is 16.2. The minimum atomic E-state index is -0.0885. The highest BCUT2D eigenvalue weighted by molar-refractivity contribution is 5.98. The van der Waals surface area contributed by atoms with Gasteiger partial charge >= 0.3 is 0 Å². The van der Waals surface area contributed by atoms with Crippen LogP contribution < -0.4 is 16.0 Å². The molecule has 0 radical (unpaired) electrons. The van der Waals surface area contributed by atoms with Crippen LogP contribution in [0, 0.1) is 5.92 Å². The predicted octanol–water partition coefficient (Wildman–Crippen LogP) is 2.52. The second-order valence-corrected chi connectivity index (χ2v) is 7.94. The summed E-state index contributed by atoms with van der Waals surface area (Å²) in [5.74, 6) is 0.744. The van der Waals surface area contributed by atoms with Crippen molar-refractivity contribution in [1.82, 2.24) is 15.6 Å². The summed E-state index contributed by atoms with van der Waals surface area (Å²) in [6.45, 7) is 6.87. The molecule has 26 heavy (non-hydrogen) atoms. The Morgan fingerprint density at radius 2 is 2.23 bits per heavy atom. The van der Waals surface area contributed by atoms with Crippen LogP contribution in [0.25, 0.3) is 0 Å². The van der Waals surface area contributed by atoms with Gasteiger partial charge in [0.05, 0.1) is 11.8 Å². The third kappa shape index (κ3) is 4.54. The first-order valence-corrected chi connectivity index (χ1v) is 9.85. The van der Waals surface area contributed by atoms with Gasteiger partial charge in [0.15, 0.2) is 5.69 Å². The second kappa shape index (κ2) is 8.82. The van der Waals surface area contributed by atoms with Gasteiger partial charge in [0.25, 0.3) is 5.91 Å². The maximum Gasteiger partial charge on any atom is 0.272 e. The first-order valence-electron chi connectivity index (χ1n) is 9.85. The van der Waals surface area contributed by atoms with Gasteiger partial charge < -0.3 is 20.7 Å². The van der Waals surface area contributed by atoms with E-state index in [0.29, 0.717) is 36.2 Å². The minimum absolute atomic E-state index is 0.0885. The molecular weight excluding hydrogens is 328 g/mol. The van der Waals surface area contributed by atoms with Crippen molar-refractivity contribution in [2.24, 2.45) is 5.92 Å². The minimum Gasteiger partial charge on any atom is -0.381 e. The number of nitrogens with one attached hydrogen (secondary N) is 3. The average Bonchev–Trinajstić information content (AvgIpc) is 2.62. The lowest BCUT2D eigenvalue weighted by atomic mass is 9.86. The number of aromatic nitrogens is 1. The standard InChI is InChI=1S/C20H32N4O2/c1-13(2)11-23-20(25)19-18(24-15-9-16(10-15)26-3)17(6-8-22-19)14-5-4-7-21-12-14/h6,8,13-16,21,24H,4-5,7,9-12H2,1-3H3,(H,23,25).